The van der Waals surface area contributed by atoms with Crippen molar-refractivity contribution >= 4 is 53.2 Å². The van der Waals surface area contributed by atoms with E-state index in [-0.39, 0.29) is 25.9 Å². The first kappa shape index (κ1) is 49.1. The van der Waals surface area contributed by atoms with Gasteiger partial charge in [-0.3, -0.25) is 43.2 Å². The van der Waals surface area contributed by atoms with Crippen LogP contribution in [-0.2, 0) is 49.6 Å². The second kappa shape index (κ2) is 22.0. The number of aliphatic hydroxyl groups excluding tert-OH is 1. The van der Waals surface area contributed by atoms with Crippen LogP contribution in [-0.4, -0.2) is 142 Å². The molecule has 1 aromatic rings. The Bertz CT molecular complexity index is 1830. The molecule has 3 aliphatic heterocycles. The van der Waals surface area contributed by atoms with E-state index >= 15 is 0 Å². The molecular weight excluding hydrogens is 803 g/mol. The lowest BCUT2D eigenvalue weighted by Crippen LogP contribution is -2.61. The fourth-order valence-corrected chi connectivity index (χ4v) is 7.91. The molecule has 0 spiro atoms. The molecule has 19 nitrogen and oxygen atoms in total. The van der Waals surface area contributed by atoms with Gasteiger partial charge >= 0.3 is 0 Å². The van der Waals surface area contributed by atoms with E-state index in [1.807, 2.05) is 6.92 Å². The van der Waals surface area contributed by atoms with Gasteiger partial charge in [-0.1, -0.05) is 64.4 Å². The molecular formula is C43H65N9O10. The van der Waals surface area contributed by atoms with Crippen LogP contribution in [0.25, 0.3) is 0 Å². The van der Waals surface area contributed by atoms with Crippen LogP contribution in [0.3, 0.4) is 0 Å². The Morgan fingerprint density at radius 2 is 1.03 bits per heavy atom. The first-order valence-electron chi connectivity index (χ1n) is 21.7. The highest BCUT2D eigenvalue weighted by Gasteiger charge is 2.43. The molecule has 9 amide bonds. The van der Waals surface area contributed by atoms with Crippen molar-refractivity contribution in [2.75, 3.05) is 13.1 Å². The number of hydrogen-bond donors (Lipinski definition) is 8. The maximum atomic E-state index is 14.1. The minimum absolute atomic E-state index is 0.0356. The molecule has 0 aliphatic carbocycles. The fourth-order valence-electron chi connectivity index (χ4n) is 7.91. The van der Waals surface area contributed by atoms with Crippen molar-refractivity contribution in [1.29, 1.82) is 0 Å². The SMILES string of the molecule is CC[C@H](C)[C@@H]1NC(=O)[C@@H]2CCCN2C(=O)[C@H](C)NC(=O)[C@@H]2CCCN2C(=O)[C@H]([C@@H](C)O)NC(=O)[C@H](Cc2ccccc2)NC(=O)[C@H](C)NC(=O)[C@H](C)NC(=O)[C@H](C(C)C)NC1=O. The van der Waals surface area contributed by atoms with Gasteiger partial charge < -0.3 is 52.1 Å². The summed E-state index contributed by atoms with van der Waals surface area (Å²) in [6.07, 6.45) is 0.446. The summed E-state index contributed by atoms with van der Waals surface area (Å²) in [7, 11) is 0. The average Bonchev–Trinajstić information content (AvgIpc) is 3.93. The zero-order valence-electron chi connectivity index (χ0n) is 37.0. The summed E-state index contributed by atoms with van der Waals surface area (Å²) >= 11 is 0. The van der Waals surface area contributed by atoms with Crippen LogP contribution in [0, 0.1) is 11.8 Å². The molecule has 0 unspecified atom stereocenters. The number of hydrogen-bond acceptors (Lipinski definition) is 10. The van der Waals surface area contributed by atoms with E-state index in [1.165, 1.54) is 37.5 Å². The quantitative estimate of drug-likeness (QED) is 0.169. The van der Waals surface area contributed by atoms with Crippen LogP contribution in [0.4, 0.5) is 0 Å². The number of benzene rings is 1. The van der Waals surface area contributed by atoms with Crippen LogP contribution in [0.1, 0.15) is 93.1 Å². The molecule has 0 radical (unpaired) electrons. The van der Waals surface area contributed by atoms with Gasteiger partial charge in [-0.15, -0.1) is 0 Å². The number of nitrogens with one attached hydrogen (secondary N) is 7. The molecule has 3 heterocycles. The number of carbonyl (C=O) groups excluding carboxylic acids is 9. The summed E-state index contributed by atoms with van der Waals surface area (Å²) in [6.45, 7) is 12.9. The lowest BCUT2D eigenvalue weighted by molar-refractivity contribution is -0.145. The highest BCUT2D eigenvalue weighted by Crippen LogP contribution is 2.23. The van der Waals surface area contributed by atoms with Gasteiger partial charge in [0.25, 0.3) is 0 Å². The molecule has 3 aliphatic rings. The Morgan fingerprint density at radius 3 is 1.58 bits per heavy atom. The summed E-state index contributed by atoms with van der Waals surface area (Å²) in [5.41, 5.74) is 0.652. The number of nitrogens with zero attached hydrogens (tertiary/aromatic N) is 2. The van der Waals surface area contributed by atoms with Crippen LogP contribution in [0.2, 0.25) is 0 Å². The lowest BCUT2D eigenvalue weighted by Gasteiger charge is -2.32. The van der Waals surface area contributed by atoms with Crippen molar-refractivity contribution in [2.45, 2.75) is 154 Å². The predicted molar refractivity (Wildman–Crippen MR) is 226 cm³/mol. The zero-order chi connectivity index (χ0) is 46.0. The minimum atomic E-state index is -1.53. The smallest absolute Gasteiger partial charge is 0.248 e. The Balaban J connectivity index is 1.69. The largest absolute Gasteiger partial charge is 0.391 e. The van der Waals surface area contributed by atoms with Crippen molar-refractivity contribution in [2.24, 2.45) is 11.8 Å². The van der Waals surface area contributed by atoms with Gasteiger partial charge in [-0.05, 0) is 70.8 Å². The van der Waals surface area contributed by atoms with Crippen LogP contribution >= 0.6 is 0 Å². The molecule has 3 saturated heterocycles. The Kier molecular flexibility index (Phi) is 17.4. The van der Waals surface area contributed by atoms with E-state index in [4.69, 9.17) is 0 Å². The van der Waals surface area contributed by atoms with Crippen molar-refractivity contribution in [3.63, 3.8) is 0 Å². The molecule has 0 bridgehead atoms. The van der Waals surface area contributed by atoms with Crippen LogP contribution < -0.4 is 37.2 Å². The summed E-state index contributed by atoms with van der Waals surface area (Å²) in [5.74, 6) is -7.02. The van der Waals surface area contributed by atoms with E-state index in [0.717, 1.165) is 0 Å². The van der Waals surface area contributed by atoms with E-state index in [2.05, 4.69) is 37.2 Å². The van der Waals surface area contributed by atoms with Gasteiger partial charge in [0, 0.05) is 19.5 Å². The van der Waals surface area contributed by atoms with Gasteiger partial charge in [0.05, 0.1) is 6.10 Å². The van der Waals surface area contributed by atoms with E-state index in [9.17, 15) is 48.3 Å². The monoisotopic (exact) mass is 867 g/mol. The van der Waals surface area contributed by atoms with Crippen molar-refractivity contribution in [3.05, 3.63) is 35.9 Å². The number of carbonyl (C=O) groups is 9. The first-order valence-corrected chi connectivity index (χ1v) is 21.7. The number of fused-ring (bicyclic) bond motifs is 2. The van der Waals surface area contributed by atoms with Crippen LogP contribution in [0.15, 0.2) is 30.3 Å². The van der Waals surface area contributed by atoms with Gasteiger partial charge in [0.15, 0.2) is 0 Å². The fraction of sp³-hybridized carbons (Fsp3) is 0.651. The predicted octanol–water partition coefficient (Wildman–Crippen LogP) is -1.24. The molecule has 62 heavy (non-hydrogen) atoms. The molecule has 8 N–H and O–H groups in total. The van der Waals surface area contributed by atoms with Crippen molar-refractivity contribution < 1.29 is 48.3 Å². The molecule has 342 valence electrons. The lowest BCUT2D eigenvalue weighted by atomic mass is 9.96. The molecule has 3 fully saturated rings. The van der Waals surface area contributed by atoms with Gasteiger partial charge in [-0.25, -0.2) is 0 Å². The summed E-state index contributed by atoms with van der Waals surface area (Å²) in [6, 6.07) is -1.86. The van der Waals surface area contributed by atoms with E-state index < -0.39 is 125 Å². The second-order valence-corrected chi connectivity index (χ2v) is 17.1. The maximum Gasteiger partial charge on any atom is 0.248 e. The van der Waals surface area contributed by atoms with E-state index in [1.54, 1.807) is 51.1 Å². The summed E-state index contributed by atoms with van der Waals surface area (Å²) < 4.78 is 0. The van der Waals surface area contributed by atoms with Crippen molar-refractivity contribution in [3.8, 4) is 0 Å². The Morgan fingerprint density at radius 1 is 0.565 bits per heavy atom. The van der Waals surface area contributed by atoms with Gasteiger partial charge in [0.1, 0.15) is 54.4 Å². The van der Waals surface area contributed by atoms with Gasteiger partial charge in [-0.2, -0.15) is 0 Å². The zero-order valence-corrected chi connectivity index (χ0v) is 37.0. The van der Waals surface area contributed by atoms with Crippen molar-refractivity contribution in [1.82, 2.24) is 47.0 Å². The van der Waals surface area contributed by atoms with Crippen LogP contribution in [0.5, 0.6) is 0 Å². The summed E-state index contributed by atoms with van der Waals surface area (Å²) in [4.78, 5) is 127. The average molecular weight is 868 g/mol. The third-order valence-corrected chi connectivity index (χ3v) is 11.9. The van der Waals surface area contributed by atoms with E-state index in [0.29, 0.717) is 31.2 Å². The molecule has 19 heteroatoms. The number of aliphatic hydroxyl groups is 1. The molecule has 1 aromatic carbocycles. The summed E-state index contributed by atoms with van der Waals surface area (Å²) in [5, 5.41) is 29.4. The molecule has 4 rings (SSSR count). The Labute approximate surface area is 363 Å². The molecule has 0 aromatic heterocycles. The number of rotatable bonds is 6. The third kappa shape index (κ3) is 12.3. The topological polar surface area (TPSA) is 265 Å². The maximum absolute atomic E-state index is 14.1. The second-order valence-electron chi connectivity index (χ2n) is 17.1. The highest BCUT2D eigenvalue weighted by molar-refractivity contribution is 5.99. The standard InChI is InChI=1S/C43H65N9O10/c1-9-23(4)33-41(60)48-32(22(2)3)40(59)45-24(5)35(54)44-25(6)36(55)47-29(21-28-15-11-10-12-16-28)37(56)50-34(27(8)53)43(62)52-20-14-17-30(52)38(57)46-26(7)42(61)51-19-13-18-31(51)39(58)49-33/h10-12,15-16,22-27,29-34,53H,9,13-14,17-21H2,1-8H3,(H,44,54)(H,45,59)(H,46,57)(H,47,55)(H,48,60)(H,49,58)(H,50,56)/t23-,24-,25-,26-,27+,29-,30-,31-,32-,33-,34-/m0/s1. The molecule has 11 atom stereocenters. The highest BCUT2D eigenvalue weighted by atomic mass is 16.3. The first-order chi connectivity index (χ1) is 29.2. The Hall–Kier alpha value is -5.59. The minimum Gasteiger partial charge on any atom is -0.391 e. The van der Waals surface area contributed by atoms with Gasteiger partial charge in [0.2, 0.25) is 53.2 Å². The molecule has 0 saturated carbocycles. The number of amides is 9. The third-order valence-electron chi connectivity index (χ3n) is 11.9. The normalized spacial score (nSPS) is 30.4.